The Morgan fingerprint density at radius 2 is 1.54 bits per heavy atom. The minimum atomic E-state index is -4.27. The van der Waals surface area contributed by atoms with Crippen LogP contribution in [0.5, 0.6) is 0 Å². The highest BCUT2D eigenvalue weighted by molar-refractivity contribution is 7.92. The molecule has 1 N–H and O–H groups in total. The third kappa shape index (κ3) is 8.30. The average Bonchev–Trinajstić information content (AvgIpc) is 2.94. The summed E-state index contributed by atoms with van der Waals surface area (Å²) in [6.45, 7) is 3.44. The van der Waals surface area contributed by atoms with Gasteiger partial charge in [-0.05, 0) is 55.3 Å². The number of benzene rings is 3. The molecule has 3 aromatic carbocycles. The molecule has 1 atom stereocenters. The number of anilines is 1. The number of carbonyl (C=O) groups excluding carboxylic acids is 2. The summed E-state index contributed by atoms with van der Waals surface area (Å²) >= 11 is 25.4. The van der Waals surface area contributed by atoms with E-state index < -0.39 is 28.5 Å². The van der Waals surface area contributed by atoms with Crippen LogP contribution in [0.1, 0.15) is 38.7 Å². The van der Waals surface area contributed by atoms with Gasteiger partial charge in [0.15, 0.2) is 0 Å². The standard InChI is InChI=1S/C29H31Cl4N3O4S/c1-3-5-16-34-29(38)26(4-2)35(18-22-23(31)12-9-13-24(22)32)28(37)19-36(27-15-14-20(30)17-25(27)33)41(39,40)21-10-7-6-8-11-21/h6-15,17,26H,3-5,16,18-19H2,1-2H3,(H,34,38)/t26-/m1/s1. The maximum absolute atomic E-state index is 14.1. The predicted molar refractivity (Wildman–Crippen MR) is 166 cm³/mol. The quantitative estimate of drug-likeness (QED) is 0.197. The van der Waals surface area contributed by atoms with Crippen molar-refractivity contribution in [3.63, 3.8) is 0 Å². The van der Waals surface area contributed by atoms with Crippen LogP contribution in [0.15, 0.2) is 71.6 Å². The number of halogens is 4. The summed E-state index contributed by atoms with van der Waals surface area (Å²) in [5.74, 6) is -1.01. The second-order valence-corrected chi connectivity index (χ2v) is 12.7. The number of hydrogen-bond acceptors (Lipinski definition) is 4. The molecule has 0 aliphatic carbocycles. The highest BCUT2D eigenvalue weighted by Gasteiger charge is 2.35. The second-order valence-electron chi connectivity index (χ2n) is 9.21. The first kappa shape index (κ1) is 33.0. The number of nitrogens with one attached hydrogen (secondary N) is 1. The normalized spacial score (nSPS) is 12.0. The Kier molecular flexibility index (Phi) is 12.2. The highest BCUT2D eigenvalue weighted by Crippen LogP contribution is 2.33. The van der Waals surface area contributed by atoms with Crippen molar-refractivity contribution >= 4 is 73.9 Å². The van der Waals surface area contributed by atoms with Crippen molar-refractivity contribution in [1.29, 1.82) is 0 Å². The number of nitrogens with zero attached hydrogens (tertiary/aromatic N) is 2. The predicted octanol–water partition coefficient (Wildman–Crippen LogP) is 7.22. The molecular weight excluding hydrogens is 628 g/mol. The van der Waals surface area contributed by atoms with Gasteiger partial charge in [-0.2, -0.15) is 0 Å². The lowest BCUT2D eigenvalue weighted by atomic mass is 10.1. The minimum Gasteiger partial charge on any atom is -0.354 e. The van der Waals surface area contributed by atoms with Crippen LogP contribution in [-0.4, -0.2) is 44.3 Å². The Balaban J connectivity index is 2.10. The monoisotopic (exact) mass is 657 g/mol. The third-order valence-electron chi connectivity index (χ3n) is 6.39. The van der Waals surface area contributed by atoms with Gasteiger partial charge < -0.3 is 10.2 Å². The number of rotatable bonds is 13. The van der Waals surface area contributed by atoms with Crippen molar-refractivity contribution < 1.29 is 18.0 Å². The summed E-state index contributed by atoms with van der Waals surface area (Å²) in [6.07, 6.45) is 1.91. The first-order valence-corrected chi connectivity index (χ1v) is 16.0. The van der Waals surface area contributed by atoms with Gasteiger partial charge in [-0.15, -0.1) is 0 Å². The zero-order chi connectivity index (χ0) is 30.2. The SMILES string of the molecule is CCCCNC(=O)[C@@H](CC)N(Cc1c(Cl)cccc1Cl)C(=O)CN(c1ccc(Cl)cc1Cl)S(=O)(=O)c1ccccc1. The summed E-state index contributed by atoms with van der Waals surface area (Å²) in [4.78, 5) is 28.7. The Bertz CT molecular complexity index is 1450. The zero-order valence-corrected chi connectivity index (χ0v) is 26.5. The fraction of sp³-hybridized carbons (Fsp3) is 0.310. The summed E-state index contributed by atoms with van der Waals surface area (Å²) < 4.78 is 28.7. The van der Waals surface area contributed by atoms with Gasteiger partial charge in [0.1, 0.15) is 12.6 Å². The van der Waals surface area contributed by atoms with E-state index in [9.17, 15) is 18.0 Å². The van der Waals surface area contributed by atoms with Gasteiger partial charge in [0.05, 0.1) is 15.6 Å². The topological polar surface area (TPSA) is 86.8 Å². The summed E-state index contributed by atoms with van der Waals surface area (Å²) in [5.41, 5.74) is 0.496. The second kappa shape index (κ2) is 15.1. The minimum absolute atomic E-state index is 0.0369. The Morgan fingerprint density at radius 1 is 0.878 bits per heavy atom. The molecule has 0 fully saturated rings. The molecule has 0 saturated carbocycles. The van der Waals surface area contributed by atoms with Crippen LogP contribution in [0.3, 0.4) is 0 Å². The molecule has 0 bridgehead atoms. The molecule has 2 amide bonds. The first-order chi connectivity index (χ1) is 19.5. The molecule has 0 radical (unpaired) electrons. The number of carbonyl (C=O) groups is 2. The molecular formula is C29H31Cl4N3O4S. The summed E-state index contributed by atoms with van der Waals surface area (Å²) in [7, 11) is -4.27. The van der Waals surface area contributed by atoms with E-state index in [1.807, 2.05) is 6.92 Å². The Morgan fingerprint density at radius 3 is 2.12 bits per heavy atom. The summed E-state index contributed by atoms with van der Waals surface area (Å²) in [6, 6.07) is 16.0. The first-order valence-electron chi connectivity index (χ1n) is 13.0. The lowest BCUT2D eigenvalue weighted by molar-refractivity contribution is -0.140. The van der Waals surface area contributed by atoms with Crippen LogP contribution >= 0.6 is 46.4 Å². The molecule has 0 aromatic heterocycles. The van der Waals surface area contributed by atoms with Gasteiger partial charge in [-0.1, -0.05) is 90.9 Å². The van der Waals surface area contributed by atoms with Gasteiger partial charge in [-0.25, -0.2) is 8.42 Å². The van der Waals surface area contributed by atoms with E-state index >= 15 is 0 Å². The molecule has 220 valence electrons. The molecule has 41 heavy (non-hydrogen) atoms. The lowest BCUT2D eigenvalue weighted by Gasteiger charge is -2.33. The molecule has 12 heteroatoms. The largest absolute Gasteiger partial charge is 0.354 e. The molecule has 0 saturated heterocycles. The van der Waals surface area contributed by atoms with E-state index in [2.05, 4.69) is 5.32 Å². The van der Waals surface area contributed by atoms with Crippen molar-refractivity contribution in [1.82, 2.24) is 10.2 Å². The van der Waals surface area contributed by atoms with Crippen molar-refractivity contribution in [3.05, 3.63) is 92.4 Å². The van der Waals surface area contributed by atoms with Crippen LogP contribution in [-0.2, 0) is 26.2 Å². The van der Waals surface area contributed by atoms with E-state index in [-0.39, 0.29) is 34.5 Å². The molecule has 7 nitrogen and oxygen atoms in total. The number of unbranched alkanes of at least 4 members (excludes halogenated alkanes) is 1. The Labute approximate surface area is 261 Å². The number of hydrogen-bond donors (Lipinski definition) is 1. The maximum atomic E-state index is 14.1. The maximum Gasteiger partial charge on any atom is 0.264 e. The van der Waals surface area contributed by atoms with Gasteiger partial charge in [0.25, 0.3) is 10.0 Å². The van der Waals surface area contributed by atoms with E-state index in [1.54, 1.807) is 43.3 Å². The number of sulfonamides is 1. The van der Waals surface area contributed by atoms with Crippen LogP contribution < -0.4 is 9.62 Å². The van der Waals surface area contributed by atoms with Crippen LogP contribution in [0.25, 0.3) is 0 Å². The van der Waals surface area contributed by atoms with Crippen molar-refractivity contribution in [2.75, 3.05) is 17.4 Å². The summed E-state index contributed by atoms with van der Waals surface area (Å²) in [5, 5.41) is 3.83. The molecule has 3 aromatic rings. The smallest absolute Gasteiger partial charge is 0.264 e. The van der Waals surface area contributed by atoms with Crippen molar-refractivity contribution in [2.45, 2.75) is 50.6 Å². The molecule has 0 aliphatic heterocycles. The zero-order valence-electron chi connectivity index (χ0n) is 22.6. The van der Waals surface area contributed by atoms with E-state index in [4.69, 9.17) is 46.4 Å². The highest BCUT2D eigenvalue weighted by atomic mass is 35.5. The van der Waals surface area contributed by atoms with Gasteiger partial charge in [0, 0.05) is 33.7 Å². The fourth-order valence-corrected chi connectivity index (χ4v) is 6.73. The van der Waals surface area contributed by atoms with E-state index in [0.717, 1.165) is 17.1 Å². The van der Waals surface area contributed by atoms with E-state index in [1.165, 1.54) is 35.2 Å². The molecule has 0 aliphatic rings. The van der Waals surface area contributed by atoms with Gasteiger partial charge in [0.2, 0.25) is 11.8 Å². The molecule has 0 heterocycles. The van der Waals surface area contributed by atoms with Crippen LogP contribution in [0.2, 0.25) is 20.1 Å². The third-order valence-corrected chi connectivity index (χ3v) is 9.41. The average molecular weight is 659 g/mol. The van der Waals surface area contributed by atoms with Gasteiger partial charge >= 0.3 is 0 Å². The van der Waals surface area contributed by atoms with Gasteiger partial charge in [-0.3, -0.25) is 13.9 Å². The molecule has 0 spiro atoms. The van der Waals surface area contributed by atoms with E-state index in [0.29, 0.717) is 27.2 Å². The lowest BCUT2D eigenvalue weighted by Crippen LogP contribution is -2.52. The van der Waals surface area contributed by atoms with Crippen LogP contribution in [0.4, 0.5) is 5.69 Å². The Hall–Kier alpha value is -2.49. The molecule has 0 unspecified atom stereocenters. The van der Waals surface area contributed by atoms with Crippen molar-refractivity contribution in [2.24, 2.45) is 0 Å². The molecule has 3 rings (SSSR count). The van der Waals surface area contributed by atoms with Crippen LogP contribution in [0, 0.1) is 0 Å². The number of amides is 2. The van der Waals surface area contributed by atoms with Crippen molar-refractivity contribution in [3.8, 4) is 0 Å². The fourth-order valence-electron chi connectivity index (χ4n) is 4.20.